The Hall–Kier alpha value is -0.690. The SMILES string of the molecule is CCCCCCCCCCCCCCCCCCCCCCCCCCCCCCCCC(O)C(=O)NC(CO)C(O)C(O)CCCCCCCCCCCCCCCCCCCC. The molecule has 0 fully saturated rings. The molecular formula is C58H117NO5. The van der Waals surface area contributed by atoms with Crippen LogP contribution in [0.25, 0.3) is 0 Å². The molecule has 0 aliphatic heterocycles. The Morgan fingerprint density at radius 3 is 0.750 bits per heavy atom. The number of amides is 1. The highest BCUT2D eigenvalue weighted by molar-refractivity contribution is 5.80. The highest BCUT2D eigenvalue weighted by Gasteiger charge is 2.28. The number of unbranched alkanes of at least 4 members (excludes halogenated alkanes) is 46. The van der Waals surface area contributed by atoms with Gasteiger partial charge in [0.1, 0.15) is 12.2 Å². The summed E-state index contributed by atoms with van der Waals surface area (Å²) >= 11 is 0. The van der Waals surface area contributed by atoms with Crippen LogP contribution < -0.4 is 5.32 Å². The van der Waals surface area contributed by atoms with Gasteiger partial charge in [-0.3, -0.25) is 4.79 Å². The number of carbonyl (C=O) groups is 1. The van der Waals surface area contributed by atoms with Gasteiger partial charge in [-0.25, -0.2) is 0 Å². The monoisotopic (exact) mass is 908 g/mol. The molecule has 0 aromatic rings. The summed E-state index contributed by atoms with van der Waals surface area (Å²) in [6, 6.07) is -0.980. The fourth-order valence-electron chi connectivity index (χ4n) is 9.70. The molecule has 0 saturated heterocycles. The average Bonchev–Trinajstić information content (AvgIpc) is 3.30. The van der Waals surface area contributed by atoms with Gasteiger partial charge in [-0.2, -0.15) is 0 Å². The molecule has 5 N–H and O–H groups in total. The van der Waals surface area contributed by atoms with Gasteiger partial charge < -0.3 is 25.7 Å². The number of nitrogens with one attached hydrogen (secondary N) is 1. The first-order valence-corrected chi connectivity index (χ1v) is 29.4. The topological polar surface area (TPSA) is 110 Å². The molecule has 4 unspecified atom stereocenters. The lowest BCUT2D eigenvalue weighted by atomic mass is 9.99. The first-order valence-electron chi connectivity index (χ1n) is 29.4. The van der Waals surface area contributed by atoms with Gasteiger partial charge in [0.15, 0.2) is 0 Å². The second-order valence-electron chi connectivity index (χ2n) is 20.7. The molecule has 0 aliphatic rings. The van der Waals surface area contributed by atoms with E-state index in [1.165, 1.54) is 270 Å². The largest absolute Gasteiger partial charge is 0.394 e. The molecule has 1 amide bonds. The van der Waals surface area contributed by atoms with E-state index in [-0.39, 0.29) is 0 Å². The highest BCUT2D eigenvalue weighted by atomic mass is 16.3. The van der Waals surface area contributed by atoms with Crippen LogP contribution in [0.4, 0.5) is 0 Å². The highest BCUT2D eigenvalue weighted by Crippen LogP contribution is 2.19. The first kappa shape index (κ1) is 63.3. The molecule has 0 radical (unpaired) electrons. The van der Waals surface area contributed by atoms with E-state index in [2.05, 4.69) is 19.2 Å². The van der Waals surface area contributed by atoms with Crippen LogP contribution in [0.3, 0.4) is 0 Å². The van der Waals surface area contributed by atoms with Gasteiger partial charge in [0, 0.05) is 0 Å². The molecule has 6 heteroatoms. The third kappa shape index (κ3) is 46.4. The Morgan fingerprint density at radius 2 is 0.531 bits per heavy atom. The van der Waals surface area contributed by atoms with Crippen molar-refractivity contribution in [2.75, 3.05) is 6.61 Å². The summed E-state index contributed by atoms with van der Waals surface area (Å²) in [5.41, 5.74) is 0. The van der Waals surface area contributed by atoms with E-state index in [0.717, 1.165) is 38.5 Å². The smallest absolute Gasteiger partial charge is 0.249 e. The molecule has 4 atom stereocenters. The maximum Gasteiger partial charge on any atom is 0.249 e. The minimum Gasteiger partial charge on any atom is -0.394 e. The van der Waals surface area contributed by atoms with Gasteiger partial charge in [0.05, 0.1) is 18.8 Å². The third-order valence-electron chi connectivity index (χ3n) is 14.3. The predicted octanol–water partition coefficient (Wildman–Crippen LogP) is 17.1. The lowest BCUT2D eigenvalue weighted by Gasteiger charge is -2.27. The molecule has 384 valence electrons. The second-order valence-corrected chi connectivity index (χ2v) is 20.7. The summed E-state index contributed by atoms with van der Waals surface area (Å²) in [7, 11) is 0. The normalized spacial score (nSPS) is 13.7. The van der Waals surface area contributed by atoms with Crippen LogP contribution in [0.1, 0.15) is 335 Å². The molecule has 0 saturated carbocycles. The van der Waals surface area contributed by atoms with Crippen LogP contribution in [0.2, 0.25) is 0 Å². The van der Waals surface area contributed by atoms with Crippen molar-refractivity contribution >= 4 is 5.91 Å². The Balaban J connectivity index is 3.54. The molecule has 0 aromatic carbocycles. The van der Waals surface area contributed by atoms with E-state index in [4.69, 9.17) is 0 Å². The van der Waals surface area contributed by atoms with Crippen LogP contribution in [-0.4, -0.2) is 57.3 Å². The van der Waals surface area contributed by atoms with E-state index in [1.54, 1.807) is 0 Å². The molecule has 0 heterocycles. The molecule has 64 heavy (non-hydrogen) atoms. The van der Waals surface area contributed by atoms with Gasteiger partial charge in [0.25, 0.3) is 0 Å². The van der Waals surface area contributed by atoms with Gasteiger partial charge in [-0.05, 0) is 12.8 Å². The summed E-state index contributed by atoms with van der Waals surface area (Å²) in [5, 5.41) is 44.0. The minimum atomic E-state index is -1.25. The zero-order chi connectivity index (χ0) is 46.7. The van der Waals surface area contributed by atoms with Crippen LogP contribution in [-0.2, 0) is 4.79 Å². The Bertz CT molecular complexity index is 887. The molecule has 0 bridgehead atoms. The van der Waals surface area contributed by atoms with Crippen LogP contribution in [0.15, 0.2) is 0 Å². The number of hydrogen-bond acceptors (Lipinski definition) is 5. The van der Waals surface area contributed by atoms with E-state index < -0.39 is 36.9 Å². The molecule has 0 aromatic heterocycles. The van der Waals surface area contributed by atoms with Crippen LogP contribution in [0.5, 0.6) is 0 Å². The number of aliphatic hydroxyl groups is 4. The zero-order valence-electron chi connectivity index (χ0n) is 43.6. The van der Waals surface area contributed by atoms with E-state index in [1.807, 2.05) is 0 Å². The Morgan fingerprint density at radius 1 is 0.328 bits per heavy atom. The fraction of sp³-hybridized carbons (Fsp3) is 0.983. The van der Waals surface area contributed by atoms with Crippen molar-refractivity contribution in [1.82, 2.24) is 5.32 Å². The average molecular weight is 909 g/mol. The lowest BCUT2D eigenvalue weighted by molar-refractivity contribution is -0.132. The minimum absolute atomic E-state index is 0.376. The molecular weight excluding hydrogens is 791 g/mol. The van der Waals surface area contributed by atoms with Crippen LogP contribution in [0, 0.1) is 0 Å². The van der Waals surface area contributed by atoms with Crippen molar-refractivity contribution in [3.8, 4) is 0 Å². The van der Waals surface area contributed by atoms with Crippen molar-refractivity contribution in [2.45, 2.75) is 359 Å². The summed E-state index contributed by atoms with van der Waals surface area (Å²) < 4.78 is 0. The first-order chi connectivity index (χ1) is 31.5. The van der Waals surface area contributed by atoms with E-state index in [9.17, 15) is 25.2 Å². The summed E-state index contributed by atoms with van der Waals surface area (Å²) in [6.07, 6.45) is 61.8. The van der Waals surface area contributed by atoms with Crippen molar-refractivity contribution in [2.24, 2.45) is 0 Å². The number of aliphatic hydroxyl groups excluding tert-OH is 4. The molecule has 0 rings (SSSR count). The Labute approximate surface area is 400 Å². The molecule has 0 aliphatic carbocycles. The predicted molar refractivity (Wildman–Crippen MR) is 279 cm³/mol. The maximum atomic E-state index is 12.6. The van der Waals surface area contributed by atoms with Crippen molar-refractivity contribution in [1.29, 1.82) is 0 Å². The number of rotatable bonds is 55. The zero-order valence-corrected chi connectivity index (χ0v) is 43.6. The molecule has 6 nitrogen and oxygen atoms in total. The van der Waals surface area contributed by atoms with Gasteiger partial charge in [0.2, 0.25) is 5.91 Å². The summed E-state index contributed by atoms with van der Waals surface area (Å²) in [5.74, 6) is -0.575. The van der Waals surface area contributed by atoms with Crippen molar-refractivity contribution < 1.29 is 25.2 Å². The number of carbonyl (C=O) groups excluding carboxylic acids is 1. The second kappa shape index (κ2) is 53.3. The van der Waals surface area contributed by atoms with E-state index in [0.29, 0.717) is 12.8 Å². The maximum absolute atomic E-state index is 12.6. The van der Waals surface area contributed by atoms with Gasteiger partial charge in [-0.15, -0.1) is 0 Å². The van der Waals surface area contributed by atoms with Crippen molar-refractivity contribution in [3.63, 3.8) is 0 Å². The fourth-order valence-corrected chi connectivity index (χ4v) is 9.70. The third-order valence-corrected chi connectivity index (χ3v) is 14.3. The van der Waals surface area contributed by atoms with Gasteiger partial charge in [-0.1, -0.05) is 322 Å². The Kier molecular flexibility index (Phi) is 52.7. The lowest BCUT2D eigenvalue weighted by Crippen LogP contribution is -2.53. The summed E-state index contributed by atoms with van der Waals surface area (Å²) in [6.45, 7) is 4.10. The standard InChI is InChI=1S/C58H117NO5/c1-3-5-7-9-11-13-15-17-19-21-23-24-25-26-27-28-29-30-31-32-33-34-36-38-40-42-44-46-48-50-52-56(62)58(64)59-54(53-60)57(63)55(61)51-49-47-45-43-41-39-37-35-22-20-18-16-14-12-10-8-6-4-2/h54-57,60-63H,3-53H2,1-2H3,(H,59,64). The van der Waals surface area contributed by atoms with Crippen molar-refractivity contribution in [3.05, 3.63) is 0 Å². The van der Waals surface area contributed by atoms with Gasteiger partial charge >= 0.3 is 0 Å². The van der Waals surface area contributed by atoms with E-state index >= 15 is 0 Å². The quantitative estimate of drug-likeness (QED) is 0.0391. The summed E-state index contributed by atoms with van der Waals surface area (Å²) in [4.78, 5) is 12.6. The van der Waals surface area contributed by atoms with Crippen LogP contribution >= 0.6 is 0 Å². The molecule has 0 spiro atoms. The number of hydrogen-bond donors (Lipinski definition) is 5.